The maximum absolute atomic E-state index is 14.3. The predicted molar refractivity (Wildman–Crippen MR) is 117 cm³/mol. The molecule has 1 aliphatic rings. The summed E-state index contributed by atoms with van der Waals surface area (Å²) >= 11 is 1.40. The second-order valence-electron chi connectivity index (χ2n) is 7.24. The fraction of sp³-hybridized carbons (Fsp3) is 0.190. The van der Waals surface area contributed by atoms with Gasteiger partial charge < -0.3 is 11.1 Å². The molecule has 0 saturated heterocycles. The Morgan fingerprint density at radius 2 is 1.78 bits per heavy atom. The highest BCUT2D eigenvalue weighted by atomic mass is 32.2. The molecule has 8 nitrogen and oxygen atoms in total. The lowest BCUT2D eigenvalue weighted by atomic mass is 10.2. The molecule has 0 atom stereocenters. The molecule has 0 amide bonds. The number of nitrogen functional groups attached to an aromatic ring is 1. The molecule has 5 rings (SSSR count). The maximum Gasteiger partial charge on any atom is 0.232 e. The van der Waals surface area contributed by atoms with E-state index in [2.05, 4.69) is 30.5 Å². The van der Waals surface area contributed by atoms with Crippen molar-refractivity contribution in [2.75, 3.05) is 11.1 Å². The lowest BCUT2D eigenvalue weighted by Gasteiger charge is -2.10. The third-order valence-electron chi connectivity index (χ3n) is 4.82. The van der Waals surface area contributed by atoms with Crippen molar-refractivity contribution in [1.29, 1.82) is 0 Å². The zero-order chi connectivity index (χ0) is 22.1. The van der Waals surface area contributed by atoms with Crippen LogP contribution in [0.5, 0.6) is 0 Å². The molecule has 1 saturated carbocycles. The van der Waals surface area contributed by atoms with Gasteiger partial charge in [-0.25, -0.2) is 8.78 Å². The molecular weight excluding hydrogens is 434 g/mol. The number of thioether (sulfide) groups is 1. The van der Waals surface area contributed by atoms with Crippen LogP contribution < -0.4 is 11.1 Å². The lowest BCUT2D eigenvalue weighted by Crippen LogP contribution is -2.07. The number of nitrogens with two attached hydrogens (primary N) is 1. The van der Waals surface area contributed by atoms with Crippen molar-refractivity contribution < 1.29 is 8.78 Å². The van der Waals surface area contributed by atoms with E-state index in [9.17, 15) is 8.78 Å². The van der Waals surface area contributed by atoms with Gasteiger partial charge in [-0.15, -0.1) is 10.2 Å². The molecule has 0 aliphatic heterocycles. The van der Waals surface area contributed by atoms with Crippen molar-refractivity contribution in [1.82, 2.24) is 29.7 Å². The van der Waals surface area contributed by atoms with Gasteiger partial charge in [-0.3, -0.25) is 4.57 Å². The van der Waals surface area contributed by atoms with Crippen LogP contribution in [0.15, 0.2) is 53.7 Å². The zero-order valence-corrected chi connectivity index (χ0v) is 17.6. The number of halogens is 2. The van der Waals surface area contributed by atoms with E-state index >= 15 is 0 Å². The first kappa shape index (κ1) is 20.3. The van der Waals surface area contributed by atoms with Crippen LogP contribution in [0, 0.1) is 11.6 Å². The Balaban J connectivity index is 1.36. The minimum Gasteiger partial charge on any atom is -0.368 e. The summed E-state index contributed by atoms with van der Waals surface area (Å²) in [4.78, 5) is 12.7. The molecule has 32 heavy (non-hydrogen) atoms. The van der Waals surface area contributed by atoms with Crippen molar-refractivity contribution in [3.63, 3.8) is 0 Å². The summed E-state index contributed by atoms with van der Waals surface area (Å²) in [6.07, 6.45) is 2.00. The first-order chi connectivity index (χ1) is 15.6. The third kappa shape index (κ3) is 4.37. The number of benzene rings is 2. The molecule has 0 radical (unpaired) electrons. The molecule has 1 fully saturated rings. The van der Waals surface area contributed by atoms with Gasteiger partial charge in [0.1, 0.15) is 17.5 Å². The van der Waals surface area contributed by atoms with Crippen molar-refractivity contribution in [3.8, 4) is 11.4 Å². The van der Waals surface area contributed by atoms with Crippen LogP contribution in [0.4, 0.5) is 26.4 Å². The fourth-order valence-corrected chi connectivity index (χ4v) is 4.07. The lowest BCUT2D eigenvalue weighted by molar-refractivity contribution is 0.622. The minimum atomic E-state index is -0.336. The molecule has 4 aromatic rings. The molecule has 0 unspecified atom stereocenters. The maximum atomic E-state index is 14.3. The fourth-order valence-electron chi connectivity index (χ4n) is 3.21. The van der Waals surface area contributed by atoms with Crippen LogP contribution in [-0.4, -0.2) is 29.7 Å². The average molecular weight is 452 g/mol. The van der Waals surface area contributed by atoms with Gasteiger partial charge in [0.05, 0.1) is 11.3 Å². The van der Waals surface area contributed by atoms with Crippen LogP contribution in [0.3, 0.4) is 0 Å². The summed E-state index contributed by atoms with van der Waals surface area (Å²) in [5.41, 5.74) is 6.89. The first-order valence-electron chi connectivity index (χ1n) is 9.92. The summed E-state index contributed by atoms with van der Waals surface area (Å²) in [7, 11) is 0. The Morgan fingerprint density at radius 3 is 2.53 bits per heavy atom. The summed E-state index contributed by atoms with van der Waals surface area (Å²) in [5, 5.41) is 12.2. The van der Waals surface area contributed by atoms with Gasteiger partial charge in [-0.2, -0.15) is 15.0 Å². The summed E-state index contributed by atoms with van der Waals surface area (Å²) in [5.74, 6) is 0.989. The predicted octanol–water partition coefficient (Wildman–Crippen LogP) is 4.36. The van der Waals surface area contributed by atoms with E-state index in [1.54, 1.807) is 30.3 Å². The standard InChI is InChI=1S/C21H18F2N8S/c22-12-5-7-13(8-6-12)25-20-27-17(26-19(24)28-20)11-32-21-30-29-18(31(21)14-9-10-14)15-3-1-2-4-16(15)23/h1-8,14H,9-11H2,(H3,24,25,26,27,28). The van der Waals surface area contributed by atoms with Crippen molar-refractivity contribution in [2.24, 2.45) is 0 Å². The molecule has 11 heteroatoms. The molecule has 162 valence electrons. The van der Waals surface area contributed by atoms with Gasteiger partial charge >= 0.3 is 0 Å². The average Bonchev–Trinajstić information content (AvgIpc) is 3.53. The molecule has 2 heterocycles. The Hall–Kier alpha value is -3.60. The van der Waals surface area contributed by atoms with E-state index in [0.717, 1.165) is 12.8 Å². The molecule has 3 N–H and O–H groups in total. The number of nitrogens with zero attached hydrogens (tertiary/aromatic N) is 6. The van der Waals surface area contributed by atoms with Crippen LogP contribution in [0.25, 0.3) is 11.4 Å². The number of hydrogen-bond donors (Lipinski definition) is 2. The van der Waals surface area contributed by atoms with E-state index in [-0.39, 0.29) is 29.6 Å². The molecular formula is C21H18F2N8S. The van der Waals surface area contributed by atoms with Gasteiger partial charge in [0, 0.05) is 11.7 Å². The monoisotopic (exact) mass is 452 g/mol. The van der Waals surface area contributed by atoms with Crippen LogP contribution in [-0.2, 0) is 5.75 Å². The number of hydrogen-bond acceptors (Lipinski definition) is 8. The molecule has 0 bridgehead atoms. The Kier molecular flexibility index (Phi) is 5.39. The Labute approximate surface area is 186 Å². The smallest absolute Gasteiger partial charge is 0.232 e. The van der Waals surface area contributed by atoms with Gasteiger partial charge in [0.15, 0.2) is 11.0 Å². The molecule has 2 aromatic heterocycles. The van der Waals surface area contributed by atoms with E-state index in [0.29, 0.717) is 33.8 Å². The normalized spacial score (nSPS) is 13.3. The van der Waals surface area contributed by atoms with Crippen molar-refractivity contribution in [2.45, 2.75) is 29.8 Å². The first-order valence-corrected chi connectivity index (χ1v) is 10.9. The van der Waals surface area contributed by atoms with E-state index in [1.807, 2.05) is 4.57 Å². The van der Waals surface area contributed by atoms with Crippen molar-refractivity contribution >= 4 is 29.3 Å². The second-order valence-corrected chi connectivity index (χ2v) is 8.18. The summed E-state index contributed by atoms with van der Waals surface area (Å²) in [6, 6.07) is 12.6. The number of anilines is 3. The third-order valence-corrected chi connectivity index (χ3v) is 5.76. The number of nitrogens with one attached hydrogen (secondary N) is 1. The van der Waals surface area contributed by atoms with Crippen LogP contribution in [0.1, 0.15) is 24.7 Å². The highest BCUT2D eigenvalue weighted by molar-refractivity contribution is 7.98. The quantitative estimate of drug-likeness (QED) is 0.398. The Bertz CT molecular complexity index is 1260. The zero-order valence-electron chi connectivity index (χ0n) is 16.7. The highest BCUT2D eigenvalue weighted by Gasteiger charge is 2.31. The largest absolute Gasteiger partial charge is 0.368 e. The van der Waals surface area contributed by atoms with Gasteiger partial charge in [0.2, 0.25) is 11.9 Å². The SMILES string of the molecule is Nc1nc(CSc2nnc(-c3ccccc3F)n2C2CC2)nc(Nc2ccc(F)cc2)n1. The van der Waals surface area contributed by atoms with Gasteiger partial charge in [-0.1, -0.05) is 23.9 Å². The molecule has 0 spiro atoms. The van der Waals surface area contributed by atoms with E-state index in [4.69, 9.17) is 5.73 Å². The van der Waals surface area contributed by atoms with Gasteiger partial charge in [-0.05, 0) is 49.2 Å². The van der Waals surface area contributed by atoms with E-state index < -0.39 is 0 Å². The summed E-state index contributed by atoms with van der Waals surface area (Å²) < 4.78 is 29.4. The van der Waals surface area contributed by atoms with Crippen LogP contribution >= 0.6 is 11.8 Å². The topological polar surface area (TPSA) is 107 Å². The summed E-state index contributed by atoms with van der Waals surface area (Å²) in [6.45, 7) is 0. The Morgan fingerprint density at radius 1 is 1.00 bits per heavy atom. The minimum absolute atomic E-state index is 0.0657. The van der Waals surface area contributed by atoms with E-state index in [1.165, 1.54) is 30.0 Å². The second kappa shape index (κ2) is 8.50. The highest BCUT2D eigenvalue weighted by Crippen LogP contribution is 2.41. The molecule has 2 aromatic carbocycles. The van der Waals surface area contributed by atoms with Crippen LogP contribution in [0.2, 0.25) is 0 Å². The number of aromatic nitrogens is 6. The van der Waals surface area contributed by atoms with Gasteiger partial charge in [0.25, 0.3) is 0 Å². The molecule has 1 aliphatic carbocycles. The van der Waals surface area contributed by atoms with Crippen molar-refractivity contribution in [3.05, 3.63) is 66.0 Å². The number of rotatable bonds is 7.